The third-order valence-corrected chi connectivity index (χ3v) is 3.85. The minimum Gasteiger partial charge on any atom is -0.472 e. The van der Waals surface area contributed by atoms with E-state index in [2.05, 4.69) is 15.0 Å². The average molecular weight is 312 g/mol. The molecule has 1 aliphatic rings. The molecule has 0 bridgehead atoms. The van der Waals surface area contributed by atoms with Crippen LogP contribution >= 0.6 is 0 Å². The largest absolute Gasteiger partial charge is 0.472 e. The number of rotatable bonds is 4. The number of hydrogen-bond donors (Lipinski definition) is 0. The number of nitrogens with zero attached hydrogens (tertiary/aromatic N) is 4. The van der Waals surface area contributed by atoms with E-state index in [0.29, 0.717) is 24.7 Å². The molecule has 1 fully saturated rings. The van der Waals surface area contributed by atoms with E-state index >= 15 is 0 Å². The second kappa shape index (κ2) is 7.17. The van der Waals surface area contributed by atoms with Crippen molar-refractivity contribution >= 4 is 5.91 Å². The van der Waals surface area contributed by atoms with E-state index in [9.17, 15) is 4.79 Å². The molecule has 1 amide bonds. The van der Waals surface area contributed by atoms with Gasteiger partial charge in [0, 0.05) is 31.2 Å². The van der Waals surface area contributed by atoms with Gasteiger partial charge >= 0.3 is 0 Å². The molecule has 3 rings (SSSR count). The van der Waals surface area contributed by atoms with E-state index < -0.39 is 0 Å². The van der Waals surface area contributed by atoms with Crippen LogP contribution in [0.3, 0.4) is 0 Å². The standard InChI is InChI=1S/C17H20N4O2/c1-13-19-8-6-16(20-13)23-15-5-3-9-21(12-15)17(22)10-14-4-2-7-18-11-14/h2,4,6-8,11,15H,3,5,9-10,12H2,1H3. The summed E-state index contributed by atoms with van der Waals surface area (Å²) in [6, 6.07) is 5.53. The van der Waals surface area contributed by atoms with Gasteiger partial charge in [-0.05, 0) is 31.4 Å². The SMILES string of the molecule is Cc1nccc(OC2CCCN(C(=O)Cc3cccnc3)C2)n1. The van der Waals surface area contributed by atoms with Gasteiger partial charge in [-0.3, -0.25) is 9.78 Å². The lowest BCUT2D eigenvalue weighted by Gasteiger charge is -2.32. The lowest BCUT2D eigenvalue weighted by molar-refractivity contribution is -0.133. The van der Waals surface area contributed by atoms with E-state index in [1.165, 1.54) is 0 Å². The number of aromatic nitrogens is 3. The maximum Gasteiger partial charge on any atom is 0.227 e. The second-order valence-electron chi connectivity index (χ2n) is 5.70. The summed E-state index contributed by atoms with van der Waals surface area (Å²) in [7, 11) is 0. The third-order valence-electron chi connectivity index (χ3n) is 3.85. The smallest absolute Gasteiger partial charge is 0.227 e. The number of aryl methyl sites for hydroxylation is 1. The van der Waals surface area contributed by atoms with Gasteiger partial charge in [0.15, 0.2) is 0 Å². The molecular formula is C17H20N4O2. The lowest BCUT2D eigenvalue weighted by Crippen LogP contribution is -2.45. The van der Waals surface area contributed by atoms with Crippen molar-refractivity contribution in [3.63, 3.8) is 0 Å². The van der Waals surface area contributed by atoms with Gasteiger partial charge in [0.2, 0.25) is 11.8 Å². The predicted molar refractivity (Wildman–Crippen MR) is 84.9 cm³/mol. The van der Waals surface area contributed by atoms with Crippen molar-refractivity contribution in [2.75, 3.05) is 13.1 Å². The quantitative estimate of drug-likeness (QED) is 0.861. The number of carbonyl (C=O) groups is 1. The number of pyridine rings is 1. The molecule has 3 heterocycles. The van der Waals surface area contributed by atoms with Gasteiger partial charge in [-0.15, -0.1) is 0 Å². The van der Waals surface area contributed by atoms with Crippen molar-refractivity contribution in [2.24, 2.45) is 0 Å². The summed E-state index contributed by atoms with van der Waals surface area (Å²) in [6.07, 6.45) is 7.37. The fourth-order valence-corrected chi connectivity index (χ4v) is 2.72. The summed E-state index contributed by atoms with van der Waals surface area (Å²) in [5.74, 6) is 1.37. The molecule has 0 spiro atoms. The van der Waals surface area contributed by atoms with Gasteiger partial charge in [0.1, 0.15) is 11.9 Å². The Bertz CT molecular complexity index is 663. The predicted octanol–water partition coefficient (Wildman–Crippen LogP) is 1.79. The van der Waals surface area contributed by atoms with Gasteiger partial charge in [0.25, 0.3) is 0 Å². The Morgan fingerprint density at radius 2 is 2.30 bits per heavy atom. The number of ether oxygens (including phenoxy) is 1. The highest BCUT2D eigenvalue weighted by Gasteiger charge is 2.25. The molecule has 6 nitrogen and oxygen atoms in total. The van der Waals surface area contributed by atoms with Crippen LogP contribution in [0, 0.1) is 6.92 Å². The van der Waals surface area contributed by atoms with E-state index in [1.807, 2.05) is 24.0 Å². The molecule has 1 saturated heterocycles. The highest BCUT2D eigenvalue weighted by Crippen LogP contribution is 2.17. The molecule has 0 saturated carbocycles. The van der Waals surface area contributed by atoms with Gasteiger partial charge in [-0.2, -0.15) is 4.98 Å². The van der Waals surface area contributed by atoms with Crippen molar-refractivity contribution < 1.29 is 9.53 Å². The Morgan fingerprint density at radius 3 is 3.09 bits per heavy atom. The Balaban J connectivity index is 1.58. The maximum atomic E-state index is 12.4. The molecular weight excluding hydrogens is 292 g/mol. The Labute approximate surface area is 135 Å². The van der Waals surface area contributed by atoms with Gasteiger partial charge in [-0.1, -0.05) is 6.07 Å². The summed E-state index contributed by atoms with van der Waals surface area (Å²) >= 11 is 0. The van der Waals surface area contributed by atoms with Crippen molar-refractivity contribution in [1.29, 1.82) is 0 Å². The average Bonchev–Trinajstić information content (AvgIpc) is 2.56. The number of likely N-dealkylation sites (tertiary alicyclic amines) is 1. The molecule has 6 heteroatoms. The molecule has 0 N–H and O–H groups in total. The van der Waals surface area contributed by atoms with Gasteiger partial charge in [-0.25, -0.2) is 4.98 Å². The van der Waals surface area contributed by atoms with Gasteiger partial charge in [0.05, 0.1) is 13.0 Å². The number of piperidine rings is 1. The molecule has 1 atom stereocenters. The highest BCUT2D eigenvalue weighted by atomic mass is 16.5. The molecule has 1 unspecified atom stereocenters. The summed E-state index contributed by atoms with van der Waals surface area (Å²) in [5.41, 5.74) is 0.937. The van der Waals surface area contributed by atoms with E-state index in [-0.39, 0.29) is 12.0 Å². The van der Waals surface area contributed by atoms with Crippen LogP contribution in [0.4, 0.5) is 0 Å². The van der Waals surface area contributed by atoms with Crippen LogP contribution in [0.5, 0.6) is 5.88 Å². The van der Waals surface area contributed by atoms with Crippen LogP contribution in [0.15, 0.2) is 36.8 Å². The van der Waals surface area contributed by atoms with Crippen LogP contribution in [-0.2, 0) is 11.2 Å². The first-order chi connectivity index (χ1) is 11.2. The monoisotopic (exact) mass is 312 g/mol. The van der Waals surface area contributed by atoms with Crippen molar-refractivity contribution in [2.45, 2.75) is 32.3 Å². The Kier molecular flexibility index (Phi) is 4.80. The van der Waals surface area contributed by atoms with E-state index in [0.717, 1.165) is 24.9 Å². The van der Waals surface area contributed by atoms with Crippen LogP contribution in [0.1, 0.15) is 24.2 Å². The minimum absolute atomic E-state index is 0.0177. The first-order valence-corrected chi connectivity index (χ1v) is 7.84. The summed E-state index contributed by atoms with van der Waals surface area (Å²) in [5, 5.41) is 0. The normalized spacial score (nSPS) is 17.8. The minimum atomic E-state index is -0.0177. The molecule has 120 valence electrons. The number of hydrogen-bond acceptors (Lipinski definition) is 5. The molecule has 1 aliphatic heterocycles. The fraction of sp³-hybridized carbons (Fsp3) is 0.412. The first kappa shape index (κ1) is 15.4. The zero-order valence-electron chi connectivity index (χ0n) is 13.2. The lowest BCUT2D eigenvalue weighted by atomic mass is 10.1. The van der Waals surface area contributed by atoms with Gasteiger partial charge < -0.3 is 9.64 Å². The van der Waals surface area contributed by atoms with Crippen molar-refractivity contribution in [1.82, 2.24) is 19.9 Å². The van der Waals surface area contributed by atoms with Crippen molar-refractivity contribution in [3.8, 4) is 5.88 Å². The molecule has 0 aromatic carbocycles. The molecule has 0 radical (unpaired) electrons. The van der Waals surface area contributed by atoms with Crippen molar-refractivity contribution in [3.05, 3.63) is 48.2 Å². The Morgan fingerprint density at radius 1 is 1.39 bits per heavy atom. The first-order valence-electron chi connectivity index (χ1n) is 7.84. The third kappa shape index (κ3) is 4.25. The summed E-state index contributed by atoms with van der Waals surface area (Å²) < 4.78 is 5.91. The number of amides is 1. The van der Waals surface area contributed by atoms with Crippen LogP contribution in [0.25, 0.3) is 0 Å². The number of carbonyl (C=O) groups excluding carboxylic acids is 1. The molecule has 0 aliphatic carbocycles. The van der Waals surface area contributed by atoms with E-state index in [4.69, 9.17) is 4.74 Å². The zero-order chi connectivity index (χ0) is 16.1. The topological polar surface area (TPSA) is 68.2 Å². The molecule has 23 heavy (non-hydrogen) atoms. The fourth-order valence-electron chi connectivity index (χ4n) is 2.72. The second-order valence-corrected chi connectivity index (χ2v) is 5.70. The maximum absolute atomic E-state index is 12.4. The zero-order valence-corrected chi connectivity index (χ0v) is 13.2. The van der Waals surface area contributed by atoms with Crippen LogP contribution < -0.4 is 4.74 Å². The summed E-state index contributed by atoms with van der Waals surface area (Å²) in [6.45, 7) is 3.21. The van der Waals surface area contributed by atoms with Crippen LogP contribution in [-0.4, -0.2) is 45.0 Å². The molecule has 2 aromatic rings. The molecule has 2 aromatic heterocycles. The van der Waals surface area contributed by atoms with Crippen LogP contribution in [0.2, 0.25) is 0 Å². The van der Waals surface area contributed by atoms with E-state index in [1.54, 1.807) is 24.7 Å². The Hall–Kier alpha value is -2.50. The highest BCUT2D eigenvalue weighted by molar-refractivity contribution is 5.78. The summed E-state index contributed by atoms with van der Waals surface area (Å²) in [4.78, 5) is 26.7.